The summed E-state index contributed by atoms with van der Waals surface area (Å²) in [6, 6.07) is 8.85. The Morgan fingerprint density at radius 3 is 2.32 bits per heavy atom. The molecule has 4 heteroatoms. The van der Waals surface area contributed by atoms with Crippen molar-refractivity contribution in [1.29, 1.82) is 0 Å². The first kappa shape index (κ1) is 16.2. The first-order chi connectivity index (χ1) is 10.3. The molecule has 0 aromatic heterocycles. The first-order valence-corrected chi connectivity index (χ1v) is 7.15. The predicted molar refractivity (Wildman–Crippen MR) is 83.2 cm³/mol. The minimum Gasteiger partial charge on any atom is -0.300 e. The van der Waals surface area contributed by atoms with Crippen LogP contribution < -0.4 is 0 Å². The lowest BCUT2D eigenvalue weighted by atomic mass is 9.55. The summed E-state index contributed by atoms with van der Waals surface area (Å²) < 4.78 is 0. The zero-order chi connectivity index (χ0) is 16.4. The normalized spacial score (nSPS) is 24.1. The summed E-state index contributed by atoms with van der Waals surface area (Å²) in [4.78, 5) is 29.2. The molecule has 1 aromatic carbocycles. The highest BCUT2D eigenvalue weighted by Gasteiger charge is 2.55. The Hall–Kier alpha value is -2.20. The molecule has 0 saturated heterocycles. The predicted octanol–water partition coefficient (Wildman–Crippen LogP) is 3.66. The first-order valence-electron chi connectivity index (χ1n) is 7.15. The average Bonchev–Trinajstić information content (AvgIpc) is 2.53. The lowest BCUT2D eigenvalue weighted by Gasteiger charge is -2.45. The monoisotopic (exact) mass is 300 g/mol. The van der Waals surface area contributed by atoms with Gasteiger partial charge in [0, 0.05) is 5.56 Å². The molecular formula is C18H20O4. The van der Waals surface area contributed by atoms with Crippen LogP contribution in [0.25, 0.3) is 0 Å². The van der Waals surface area contributed by atoms with E-state index in [-0.39, 0.29) is 5.78 Å². The van der Waals surface area contributed by atoms with E-state index < -0.39 is 22.7 Å². The smallest absolute Gasteiger partial charge is 0.300 e. The Labute approximate surface area is 130 Å². The van der Waals surface area contributed by atoms with Crippen LogP contribution in [0.1, 0.15) is 31.1 Å². The van der Waals surface area contributed by atoms with Crippen molar-refractivity contribution >= 4 is 11.8 Å². The quantitative estimate of drug-likeness (QED) is 0.525. The molecule has 0 bridgehead atoms. The van der Waals surface area contributed by atoms with Gasteiger partial charge in [-0.2, -0.15) is 5.26 Å². The summed E-state index contributed by atoms with van der Waals surface area (Å²) in [5.41, 5.74) is -1.16. The number of hydrogen-bond acceptors (Lipinski definition) is 4. The van der Waals surface area contributed by atoms with E-state index in [1.54, 1.807) is 48.6 Å². The van der Waals surface area contributed by atoms with Gasteiger partial charge >= 0.3 is 5.97 Å². The maximum atomic E-state index is 13.2. The molecule has 0 spiro atoms. The lowest BCUT2D eigenvalue weighted by molar-refractivity contribution is -0.240. The molecular weight excluding hydrogens is 280 g/mol. The van der Waals surface area contributed by atoms with E-state index in [4.69, 9.17) is 5.26 Å². The van der Waals surface area contributed by atoms with Crippen LogP contribution in [0.4, 0.5) is 0 Å². The SMILES string of the molecule is CC(C)(C)C1(C(=O)c2ccccc2)C=CC=CC1C(=O)OO. The molecule has 0 heterocycles. The second-order valence-corrected chi connectivity index (χ2v) is 6.45. The number of ketones is 1. The largest absolute Gasteiger partial charge is 0.350 e. The maximum absolute atomic E-state index is 13.2. The van der Waals surface area contributed by atoms with Gasteiger partial charge in [0.1, 0.15) is 0 Å². The molecule has 1 aromatic rings. The number of rotatable bonds is 3. The third kappa shape index (κ3) is 2.50. The summed E-state index contributed by atoms with van der Waals surface area (Å²) in [7, 11) is 0. The highest BCUT2D eigenvalue weighted by atomic mass is 17.1. The zero-order valence-electron chi connectivity index (χ0n) is 12.9. The van der Waals surface area contributed by atoms with Gasteiger partial charge in [-0.25, -0.2) is 4.79 Å². The van der Waals surface area contributed by atoms with Crippen molar-refractivity contribution in [3.8, 4) is 0 Å². The van der Waals surface area contributed by atoms with Gasteiger partial charge in [-0.05, 0) is 5.41 Å². The number of hydrogen-bond donors (Lipinski definition) is 1. The van der Waals surface area contributed by atoms with Gasteiger partial charge in [0.15, 0.2) is 5.78 Å². The second kappa shape index (κ2) is 5.89. The zero-order valence-corrected chi connectivity index (χ0v) is 12.9. The van der Waals surface area contributed by atoms with Crippen molar-refractivity contribution in [2.75, 3.05) is 0 Å². The van der Waals surface area contributed by atoms with E-state index >= 15 is 0 Å². The van der Waals surface area contributed by atoms with E-state index in [9.17, 15) is 9.59 Å². The fourth-order valence-electron chi connectivity index (χ4n) is 3.06. The summed E-state index contributed by atoms with van der Waals surface area (Å²) in [5, 5.41) is 8.82. The molecule has 22 heavy (non-hydrogen) atoms. The van der Waals surface area contributed by atoms with Gasteiger partial charge in [-0.15, -0.1) is 0 Å². The highest BCUT2D eigenvalue weighted by Crippen LogP contribution is 2.50. The molecule has 2 unspecified atom stereocenters. The van der Waals surface area contributed by atoms with Crippen molar-refractivity contribution < 1.29 is 19.7 Å². The average molecular weight is 300 g/mol. The van der Waals surface area contributed by atoms with Gasteiger partial charge in [0.2, 0.25) is 0 Å². The molecule has 116 valence electrons. The fourth-order valence-corrected chi connectivity index (χ4v) is 3.06. The Morgan fingerprint density at radius 2 is 1.77 bits per heavy atom. The minimum absolute atomic E-state index is 0.170. The van der Waals surface area contributed by atoms with Gasteiger partial charge in [0.05, 0.1) is 11.3 Å². The fraction of sp³-hybridized carbons (Fsp3) is 0.333. The standard InChI is InChI=1S/C18H20O4/c1-17(2,3)18(15(19)13-9-5-4-6-10-13)12-8-7-11-14(18)16(20)22-21/h4-12,14,21H,1-3H3. The number of carbonyl (C=O) groups excluding carboxylic acids is 2. The molecule has 1 N–H and O–H groups in total. The highest BCUT2D eigenvalue weighted by molar-refractivity contribution is 6.05. The van der Waals surface area contributed by atoms with Crippen molar-refractivity contribution in [1.82, 2.24) is 0 Å². The van der Waals surface area contributed by atoms with Gasteiger partial charge in [0.25, 0.3) is 0 Å². The Morgan fingerprint density at radius 1 is 1.14 bits per heavy atom. The van der Waals surface area contributed by atoms with Crippen molar-refractivity contribution in [3.63, 3.8) is 0 Å². The molecule has 2 atom stereocenters. The molecule has 1 aliphatic rings. The van der Waals surface area contributed by atoms with Gasteiger partial charge in [-0.1, -0.05) is 75.4 Å². The summed E-state index contributed by atoms with van der Waals surface area (Å²) >= 11 is 0. The third-order valence-electron chi connectivity index (χ3n) is 4.26. The van der Waals surface area contributed by atoms with Crippen LogP contribution in [0.15, 0.2) is 54.6 Å². The van der Waals surface area contributed by atoms with Crippen LogP contribution in [0.2, 0.25) is 0 Å². The molecule has 2 rings (SSSR count). The lowest BCUT2D eigenvalue weighted by Crippen LogP contribution is -2.50. The minimum atomic E-state index is -1.12. The molecule has 0 fully saturated rings. The van der Waals surface area contributed by atoms with Crippen LogP contribution in [0.3, 0.4) is 0 Å². The molecule has 0 radical (unpaired) electrons. The van der Waals surface area contributed by atoms with Crippen molar-refractivity contribution in [2.24, 2.45) is 16.7 Å². The van der Waals surface area contributed by atoms with Crippen LogP contribution in [0, 0.1) is 16.7 Å². The number of Topliss-reactive ketones (excluding diaryl/α,β-unsaturated/α-hetero) is 1. The van der Waals surface area contributed by atoms with E-state index in [2.05, 4.69) is 4.89 Å². The molecule has 0 saturated carbocycles. The third-order valence-corrected chi connectivity index (χ3v) is 4.26. The Balaban J connectivity index is 2.63. The number of benzene rings is 1. The Kier molecular flexibility index (Phi) is 4.33. The van der Waals surface area contributed by atoms with E-state index in [0.717, 1.165) is 0 Å². The summed E-state index contributed by atoms with van der Waals surface area (Å²) in [6.07, 6.45) is 6.78. The van der Waals surface area contributed by atoms with Crippen molar-refractivity contribution in [3.05, 3.63) is 60.2 Å². The molecule has 4 nitrogen and oxygen atoms in total. The van der Waals surface area contributed by atoms with Crippen LogP contribution >= 0.6 is 0 Å². The van der Waals surface area contributed by atoms with E-state index in [1.807, 2.05) is 26.8 Å². The van der Waals surface area contributed by atoms with Crippen molar-refractivity contribution in [2.45, 2.75) is 20.8 Å². The van der Waals surface area contributed by atoms with E-state index in [1.165, 1.54) is 0 Å². The topological polar surface area (TPSA) is 63.6 Å². The van der Waals surface area contributed by atoms with Crippen LogP contribution in [-0.2, 0) is 9.68 Å². The second-order valence-electron chi connectivity index (χ2n) is 6.45. The van der Waals surface area contributed by atoms with Gasteiger partial charge in [-0.3, -0.25) is 4.79 Å². The molecule has 0 aliphatic heterocycles. The summed E-state index contributed by atoms with van der Waals surface area (Å²) in [5.74, 6) is -1.88. The van der Waals surface area contributed by atoms with Gasteiger partial charge < -0.3 is 4.89 Å². The number of carbonyl (C=O) groups is 2. The number of allylic oxidation sites excluding steroid dienone is 3. The van der Waals surface area contributed by atoms with Crippen LogP contribution in [-0.4, -0.2) is 17.0 Å². The molecule has 0 amide bonds. The maximum Gasteiger partial charge on any atom is 0.350 e. The Bertz CT molecular complexity index is 622. The molecule has 1 aliphatic carbocycles. The van der Waals surface area contributed by atoms with E-state index in [0.29, 0.717) is 5.56 Å². The van der Waals surface area contributed by atoms with Crippen LogP contribution in [0.5, 0.6) is 0 Å². The summed E-state index contributed by atoms with van der Waals surface area (Å²) in [6.45, 7) is 5.69.